The van der Waals surface area contributed by atoms with Crippen molar-refractivity contribution in [2.24, 2.45) is 11.3 Å². The Morgan fingerprint density at radius 2 is 2.17 bits per heavy atom. The lowest BCUT2D eigenvalue weighted by molar-refractivity contribution is -0.139. The van der Waals surface area contributed by atoms with Crippen molar-refractivity contribution in [2.75, 3.05) is 5.75 Å². The van der Waals surface area contributed by atoms with Crippen molar-refractivity contribution in [3.63, 3.8) is 0 Å². The quantitative estimate of drug-likeness (QED) is 0.735. The van der Waals surface area contributed by atoms with Gasteiger partial charge < -0.3 is 5.11 Å². The van der Waals surface area contributed by atoms with Crippen LogP contribution in [-0.4, -0.2) is 22.1 Å². The van der Waals surface area contributed by atoms with Crippen molar-refractivity contribution in [3.05, 3.63) is 0 Å². The summed E-state index contributed by atoms with van der Waals surface area (Å²) < 4.78 is 0. The predicted octanol–water partition coefficient (Wildman–Crippen LogP) is 2.24. The predicted molar refractivity (Wildman–Crippen MR) is 51.4 cm³/mol. The molecule has 0 spiro atoms. The molecule has 0 radical (unpaired) electrons. The molecule has 0 aliphatic heterocycles. The number of hydrogen-bond donors (Lipinski definition) is 1. The number of carboxylic acid groups (broad SMARTS) is 1. The summed E-state index contributed by atoms with van der Waals surface area (Å²) in [6.45, 7) is 6.20. The van der Waals surface area contributed by atoms with Crippen LogP contribution in [0.1, 0.15) is 27.2 Å². The molecule has 0 aromatic heterocycles. The maximum absolute atomic E-state index is 10.7. The Hall–Kier alpha value is -0.180. The SMILES string of the molecule is CCCSC1C(C(=O)O)C1(C)C. The molecule has 0 saturated heterocycles. The van der Waals surface area contributed by atoms with E-state index in [-0.39, 0.29) is 11.3 Å². The van der Waals surface area contributed by atoms with E-state index in [1.165, 1.54) is 0 Å². The van der Waals surface area contributed by atoms with E-state index in [1.54, 1.807) is 11.8 Å². The number of rotatable bonds is 4. The molecule has 0 bridgehead atoms. The highest BCUT2D eigenvalue weighted by molar-refractivity contribution is 8.00. The molecule has 1 fully saturated rings. The van der Waals surface area contributed by atoms with Gasteiger partial charge >= 0.3 is 5.97 Å². The number of aliphatic carboxylic acids is 1. The first-order chi connectivity index (χ1) is 5.51. The van der Waals surface area contributed by atoms with E-state index in [0.29, 0.717) is 5.25 Å². The van der Waals surface area contributed by atoms with Gasteiger partial charge in [0.25, 0.3) is 0 Å². The lowest BCUT2D eigenvalue weighted by atomic mass is 10.1. The van der Waals surface area contributed by atoms with E-state index in [2.05, 4.69) is 6.92 Å². The fourth-order valence-electron chi connectivity index (χ4n) is 1.59. The average Bonchev–Trinajstić information content (AvgIpc) is 2.49. The highest BCUT2D eigenvalue weighted by Crippen LogP contribution is 2.59. The molecule has 2 nitrogen and oxygen atoms in total. The van der Waals surface area contributed by atoms with E-state index >= 15 is 0 Å². The molecular weight excluding hydrogens is 172 g/mol. The average molecular weight is 188 g/mol. The third kappa shape index (κ3) is 1.60. The molecule has 0 aromatic carbocycles. The molecule has 12 heavy (non-hydrogen) atoms. The minimum atomic E-state index is -0.631. The lowest BCUT2D eigenvalue weighted by Crippen LogP contribution is -2.03. The molecule has 70 valence electrons. The Morgan fingerprint density at radius 3 is 2.50 bits per heavy atom. The van der Waals surface area contributed by atoms with Gasteiger partial charge in [-0.25, -0.2) is 0 Å². The molecule has 1 aliphatic rings. The van der Waals surface area contributed by atoms with E-state index in [1.807, 2.05) is 13.8 Å². The van der Waals surface area contributed by atoms with Crippen LogP contribution in [0.4, 0.5) is 0 Å². The van der Waals surface area contributed by atoms with Gasteiger partial charge in [-0.2, -0.15) is 11.8 Å². The Balaban J connectivity index is 2.43. The summed E-state index contributed by atoms with van der Waals surface area (Å²) in [5.74, 6) is 0.334. The topological polar surface area (TPSA) is 37.3 Å². The second kappa shape index (κ2) is 3.29. The van der Waals surface area contributed by atoms with E-state index < -0.39 is 5.97 Å². The second-order valence-corrected chi connectivity index (χ2v) is 5.18. The van der Waals surface area contributed by atoms with Crippen LogP contribution in [0.5, 0.6) is 0 Å². The van der Waals surface area contributed by atoms with E-state index in [4.69, 9.17) is 5.11 Å². The first kappa shape index (κ1) is 9.90. The first-order valence-electron chi connectivity index (χ1n) is 4.36. The molecular formula is C9H16O2S. The summed E-state index contributed by atoms with van der Waals surface area (Å²) in [5.41, 5.74) is 0.0195. The molecule has 2 atom stereocenters. The van der Waals surface area contributed by atoms with Crippen molar-refractivity contribution < 1.29 is 9.90 Å². The fraction of sp³-hybridized carbons (Fsp3) is 0.889. The van der Waals surface area contributed by atoms with Crippen LogP contribution < -0.4 is 0 Å². The van der Waals surface area contributed by atoms with Crippen LogP contribution in [0.25, 0.3) is 0 Å². The Morgan fingerprint density at radius 1 is 1.58 bits per heavy atom. The number of thioether (sulfide) groups is 1. The van der Waals surface area contributed by atoms with Crippen LogP contribution in [0, 0.1) is 11.3 Å². The number of carbonyl (C=O) groups is 1. The van der Waals surface area contributed by atoms with Crippen molar-refractivity contribution >= 4 is 17.7 Å². The largest absolute Gasteiger partial charge is 0.481 e. The van der Waals surface area contributed by atoms with Crippen LogP contribution in [0.3, 0.4) is 0 Å². The summed E-state index contributed by atoms with van der Waals surface area (Å²) in [6, 6.07) is 0. The molecule has 0 amide bonds. The Labute approximate surface area is 77.7 Å². The lowest BCUT2D eigenvalue weighted by Gasteiger charge is -1.99. The van der Waals surface area contributed by atoms with Gasteiger partial charge in [-0.1, -0.05) is 20.8 Å². The molecule has 1 aliphatic carbocycles. The minimum absolute atomic E-state index is 0.0195. The summed E-state index contributed by atoms with van der Waals surface area (Å²) in [5, 5.41) is 9.19. The molecule has 1 N–H and O–H groups in total. The summed E-state index contributed by atoms with van der Waals surface area (Å²) in [6.07, 6.45) is 1.13. The molecule has 1 rings (SSSR count). The van der Waals surface area contributed by atoms with E-state index in [0.717, 1.165) is 12.2 Å². The second-order valence-electron chi connectivity index (χ2n) is 3.93. The van der Waals surface area contributed by atoms with E-state index in [9.17, 15) is 4.79 Å². The monoisotopic (exact) mass is 188 g/mol. The van der Waals surface area contributed by atoms with Gasteiger partial charge in [0, 0.05) is 5.25 Å². The Kier molecular flexibility index (Phi) is 2.71. The van der Waals surface area contributed by atoms with Crippen molar-refractivity contribution in [3.8, 4) is 0 Å². The van der Waals surface area contributed by atoms with Crippen LogP contribution in [0.2, 0.25) is 0 Å². The normalized spacial score (nSPS) is 31.6. The molecule has 1 saturated carbocycles. The highest BCUT2D eigenvalue weighted by atomic mass is 32.2. The van der Waals surface area contributed by atoms with Gasteiger partial charge in [-0.05, 0) is 17.6 Å². The number of hydrogen-bond acceptors (Lipinski definition) is 2. The smallest absolute Gasteiger partial charge is 0.308 e. The van der Waals surface area contributed by atoms with Crippen LogP contribution in [0.15, 0.2) is 0 Å². The summed E-state index contributed by atoms with van der Waals surface area (Å²) >= 11 is 1.80. The molecule has 0 aromatic rings. The molecule has 0 heterocycles. The fourth-order valence-corrected chi connectivity index (χ4v) is 3.24. The zero-order valence-corrected chi connectivity index (χ0v) is 8.65. The van der Waals surface area contributed by atoms with Gasteiger partial charge in [-0.3, -0.25) is 4.79 Å². The Bertz CT molecular complexity index is 189. The standard InChI is InChI=1S/C9H16O2S/c1-4-5-12-7-6(8(10)11)9(7,2)3/h6-7H,4-5H2,1-3H3,(H,10,11). The van der Waals surface area contributed by atoms with Gasteiger partial charge in [0.05, 0.1) is 5.92 Å². The molecule has 3 heteroatoms. The third-order valence-corrected chi connectivity index (χ3v) is 4.38. The maximum Gasteiger partial charge on any atom is 0.308 e. The minimum Gasteiger partial charge on any atom is -0.481 e. The van der Waals surface area contributed by atoms with Crippen molar-refractivity contribution in [2.45, 2.75) is 32.4 Å². The third-order valence-electron chi connectivity index (χ3n) is 2.50. The van der Waals surface area contributed by atoms with Crippen LogP contribution >= 0.6 is 11.8 Å². The maximum atomic E-state index is 10.7. The van der Waals surface area contributed by atoms with Gasteiger partial charge in [-0.15, -0.1) is 0 Å². The van der Waals surface area contributed by atoms with Gasteiger partial charge in [0.15, 0.2) is 0 Å². The van der Waals surface area contributed by atoms with Gasteiger partial charge in [0.2, 0.25) is 0 Å². The summed E-state index contributed by atoms with van der Waals surface area (Å²) in [7, 11) is 0. The van der Waals surface area contributed by atoms with Crippen molar-refractivity contribution in [1.29, 1.82) is 0 Å². The molecule has 2 unspecified atom stereocenters. The van der Waals surface area contributed by atoms with Crippen molar-refractivity contribution in [1.82, 2.24) is 0 Å². The highest BCUT2D eigenvalue weighted by Gasteiger charge is 2.62. The summed E-state index contributed by atoms with van der Waals surface area (Å²) in [4.78, 5) is 10.7. The zero-order valence-electron chi connectivity index (χ0n) is 7.83. The zero-order chi connectivity index (χ0) is 9.35. The van der Waals surface area contributed by atoms with Crippen LogP contribution in [-0.2, 0) is 4.79 Å². The van der Waals surface area contributed by atoms with Gasteiger partial charge in [0.1, 0.15) is 0 Å². The first-order valence-corrected chi connectivity index (χ1v) is 5.41. The number of carboxylic acids is 1.